The molecular formula is C25H21F3N6OS. The maximum atomic E-state index is 12.3. The average Bonchev–Trinajstić information content (AvgIpc) is 3.32. The largest absolute Gasteiger partial charge is 0.573 e. The molecular weight excluding hydrogens is 489 g/mol. The van der Waals surface area contributed by atoms with Crippen LogP contribution in [0.2, 0.25) is 0 Å². The van der Waals surface area contributed by atoms with Crippen molar-refractivity contribution in [3.63, 3.8) is 0 Å². The van der Waals surface area contributed by atoms with Gasteiger partial charge in [0.2, 0.25) is 0 Å². The molecule has 0 aliphatic carbocycles. The lowest BCUT2D eigenvalue weighted by atomic mass is 10.1. The fourth-order valence-electron chi connectivity index (χ4n) is 3.28. The number of nitrogens with two attached hydrogens (primary N) is 1. The van der Waals surface area contributed by atoms with E-state index in [-0.39, 0.29) is 5.75 Å². The highest BCUT2D eigenvalue weighted by Crippen LogP contribution is 2.26. The molecule has 4 rings (SSSR count). The van der Waals surface area contributed by atoms with Crippen LogP contribution in [0.5, 0.6) is 5.75 Å². The Morgan fingerprint density at radius 1 is 1.00 bits per heavy atom. The maximum Gasteiger partial charge on any atom is 0.573 e. The molecule has 3 aromatic carbocycles. The van der Waals surface area contributed by atoms with Crippen molar-refractivity contribution in [1.29, 1.82) is 0 Å². The Labute approximate surface area is 209 Å². The third kappa shape index (κ3) is 6.51. The molecule has 1 heterocycles. The topological polar surface area (TPSA) is 90.7 Å². The van der Waals surface area contributed by atoms with Crippen molar-refractivity contribution in [2.45, 2.75) is 25.1 Å². The van der Waals surface area contributed by atoms with Crippen molar-refractivity contribution in [2.24, 2.45) is 15.9 Å². The highest BCUT2D eigenvalue weighted by atomic mass is 32.2. The highest BCUT2D eigenvalue weighted by Gasteiger charge is 2.31. The van der Waals surface area contributed by atoms with Crippen LogP contribution in [-0.4, -0.2) is 32.5 Å². The minimum absolute atomic E-state index is 0.307. The van der Waals surface area contributed by atoms with E-state index in [2.05, 4.69) is 25.0 Å². The van der Waals surface area contributed by atoms with E-state index in [1.165, 1.54) is 47.0 Å². The molecule has 0 amide bonds. The van der Waals surface area contributed by atoms with Gasteiger partial charge in [-0.25, -0.2) is 9.67 Å². The molecule has 11 heteroatoms. The molecule has 184 valence electrons. The Morgan fingerprint density at radius 2 is 1.67 bits per heavy atom. The van der Waals surface area contributed by atoms with Crippen LogP contribution in [0.25, 0.3) is 17.1 Å². The van der Waals surface area contributed by atoms with E-state index in [1.54, 1.807) is 6.21 Å². The molecule has 0 unspecified atom stereocenters. The summed E-state index contributed by atoms with van der Waals surface area (Å²) in [6, 6.07) is 18.7. The second-order valence-electron chi connectivity index (χ2n) is 7.68. The highest BCUT2D eigenvalue weighted by molar-refractivity contribution is 8.13. The smallest absolute Gasteiger partial charge is 0.406 e. The fourth-order valence-corrected chi connectivity index (χ4v) is 4.03. The zero-order chi connectivity index (χ0) is 25.7. The molecule has 0 saturated carbocycles. The Hall–Kier alpha value is -4.12. The van der Waals surface area contributed by atoms with Crippen molar-refractivity contribution < 1.29 is 17.9 Å². The summed E-state index contributed by atoms with van der Waals surface area (Å²) in [5.41, 5.74) is 10.4. The van der Waals surface area contributed by atoms with Gasteiger partial charge in [0.25, 0.3) is 0 Å². The predicted octanol–water partition coefficient (Wildman–Crippen LogP) is 5.89. The number of rotatable bonds is 6. The van der Waals surface area contributed by atoms with E-state index in [0.29, 0.717) is 16.7 Å². The standard InChI is InChI=1S/C25H21F3N6OS/c1-16-4-3-5-17(2)22(16)36-24(29)32-31-14-18-6-8-19(9-7-18)23-30-15-34(33-23)20-10-12-21(13-11-20)35-25(26,27)28/h3-15H,1-2H3,(H2,29,32). The number of aryl methyl sites for hydroxylation is 2. The number of aromatic nitrogens is 3. The number of alkyl halides is 3. The van der Waals surface area contributed by atoms with Gasteiger partial charge in [-0.05, 0) is 54.8 Å². The number of hydrogen-bond acceptors (Lipinski definition) is 6. The Balaban J connectivity index is 1.40. The van der Waals surface area contributed by atoms with Crippen LogP contribution >= 0.6 is 11.8 Å². The van der Waals surface area contributed by atoms with Gasteiger partial charge in [0.15, 0.2) is 11.0 Å². The summed E-state index contributed by atoms with van der Waals surface area (Å²) in [6.45, 7) is 4.04. The number of halogens is 3. The normalized spacial score (nSPS) is 12.3. The maximum absolute atomic E-state index is 12.3. The van der Waals surface area contributed by atoms with Gasteiger partial charge >= 0.3 is 6.36 Å². The first-order valence-corrected chi connectivity index (χ1v) is 11.5. The van der Waals surface area contributed by atoms with Gasteiger partial charge in [0, 0.05) is 10.5 Å². The minimum Gasteiger partial charge on any atom is -0.406 e. The minimum atomic E-state index is -4.74. The third-order valence-corrected chi connectivity index (χ3v) is 6.11. The lowest BCUT2D eigenvalue weighted by Crippen LogP contribution is -2.17. The summed E-state index contributed by atoms with van der Waals surface area (Å²) >= 11 is 1.37. The van der Waals surface area contributed by atoms with Gasteiger partial charge in [-0.2, -0.15) is 5.10 Å². The van der Waals surface area contributed by atoms with Crippen LogP contribution in [0.3, 0.4) is 0 Å². The van der Waals surface area contributed by atoms with Gasteiger partial charge in [-0.15, -0.1) is 23.4 Å². The summed E-state index contributed by atoms with van der Waals surface area (Å²) in [6.07, 6.45) is -1.66. The quantitative estimate of drug-likeness (QED) is 0.151. The Kier molecular flexibility index (Phi) is 7.39. The van der Waals surface area contributed by atoms with Gasteiger partial charge in [0.05, 0.1) is 11.9 Å². The zero-order valence-electron chi connectivity index (χ0n) is 19.3. The summed E-state index contributed by atoms with van der Waals surface area (Å²) in [5.74, 6) is 0.153. The first-order valence-electron chi connectivity index (χ1n) is 10.7. The van der Waals surface area contributed by atoms with Crippen molar-refractivity contribution in [3.8, 4) is 22.8 Å². The van der Waals surface area contributed by atoms with Gasteiger partial charge < -0.3 is 10.5 Å². The van der Waals surface area contributed by atoms with Crippen molar-refractivity contribution in [2.75, 3.05) is 0 Å². The molecule has 0 spiro atoms. The second kappa shape index (κ2) is 10.6. The zero-order valence-corrected chi connectivity index (χ0v) is 20.1. The van der Waals surface area contributed by atoms with Crippen molar-refractivity contribution in [3.05, 3.63) is 89.7 Å². The van der Waals surface area contributed by atoms with Crippen LogP contribution in [0.1, 0.15) is 16.7 Å². The lowest BCUT2D eigenvalue weighted by Gasteiger charge is -2.09. The van der Waals surface area contributed by atoms with E-state index < -0.39 is 6.36 Å². The van der Waals surface area contributed by atoms with Crippen LogP contribution in [-0.2, 0) is 0 Å². The molecule has 0 saturated heterocycles. The van der Waals surface area contributed by atoms with E-state index >= 15 is 0 Å². The van der Waals surface area contributed by atoms with E-state index in [1.807, 2.05) is 56.3 Å². The van der Waals surface area contributed by atoms with E-state index in [0.717, 1.165) is 27.1 Å². The first kappa shape index (κ1) is 25.0. The van der Waals surface area contributed by atoms with Gasteiger partial charge in [0.1, 0.15) is 12.1 Å². The molecule has 0 bridgehead atoms. The summed E-state index contributed by atoms with van der Waals surface area (Å²) < 4.78 is 42.3. The molecule has 1 aromatic heterocycles. The summed E-state index contributed by atoms with van der Waals surface area (Å²) in [7, 11) is 0. The molecule has 0 atom stereocenters. The van der Waals surface area contributed by atoms with Gasteiger partial charge in [-0.3, -0.25) is 0 Å². The fraction of sp³-hybridized carbons (Fsp3) is 0.120. The SMILES string of the molecule is Cc1cccc(C)c1SC(N)=NN=Cc1ccc(-c2ncn(-c3ccc(OC(F)(F)F)cc3)n2)cc1. The molecule has 0 radical (unpaired) electrons. The van der Waals surface area contributed by atoms with E-state index in [9.17, 15) is 13.2 Å². The molecule has 0 aliphatic heterocycles. The predicted molar refractivity (Wildman–Crippen MR) is 134 cm³/mol. The lowest BCUT2D eigenvalue weighted by molar-refractivity contribution is -0.274. The number of amidine groups is 1. The summed E-state index contributed by atoms with van der Waals surface area (Å²) in [4.78, 5) is 5.35. The van der Waals surface area contributed by atoms with Crippen LogP contribution < -0.4 is 10.5 Å². The van der Waals surface area contributed by atoms with Crippen molar-refractivity contribution in [1.82, 2.24) is 14.8 Å². The number of nitrogens with zero attached hydrogens (tertiary/aromatic N) is 5. The Morgan fingerprint density at radius 3 is 2.31 bits per heavy atom. The van der Waals surface area contributed by atoms with E-state index in [4.69, 9.17) is 5.73 Å². The monoisotopic (exact) mass is 510 g/mol. The third-order valence-electron chi connectivity index (χ3n) is 4.97. The molecule has 0 fully saturated rings. The molecule has 2 N–H and O–H groups in total. The van der Waals surface area contributed by atoms with Crippen LogP contribution in [0, 0.1) is 13.8 Å². The number of benzene rings is 3. The average molecular weight is 511 g/mol. The molecule has 4 aromatic rings. The molecule has 7 nitrogen and oxygen atoms in total. The Bertz CT molecular complexity index is 1380. The molecule has 0 aliphatic rings. The van der Waals surface area contributed by atoms with Crippen LogP contribution in [0.4, 0.5) is 13.2 Å². The van der Waals surface area contributed by atoms with Crippen LogP contribution in [0.15, 0.2) is 88.2 Å². The summed E-state index contributed by atoms with van der Waals surface area (Å²) in [5, 5.41) is 12.9. The number of hydrogen-bond donors (Lipinski definition) is 1. The van der Waals surface area contributed by atoms with Gasteiger partial charge in [-0.1, -0.05) is 54.2 Å². The number of ether oxygens (including phenoxy) is 1. The number of thioether (sulfide) groups is 1. The van der Waals surface area contributed by atoms with Crippen molar-refractivity contribution >= 4 is 23.1 Å². The second-order valence-corrected chi connectivity index (χ2v) is 8.71. The first-order chi connectivity index (χ1) is 17.2. The molecule has 36 heavy (non-hydrogen) atoms.